The predicted molar refractivity (Wildman–Crippen MR) is 73.7 cm³/mol. The van der Waals surface area contributed by atoms with Crippen molar-refractivity contribution < 1.29 is 9.84 Å². The van der Waals surface area contributed by atoms with E-state index in [1.54, 1.807) is 0 Å². The summed E-state index contributed by atoms with van der Waals surface area (Å²) in [6.07, 6.45) is 5.48. The average Bonchev–Trinajstić information content (AvgIpc) is 2.38. The molecule has 0 radical (unpaired) electrons. The summed E-state index contributed by atoms with van der Waals surface area (Å²) in [5, 5.41) is 10.0. The van der Waals surface area contributed by atoms with Gasteiger partial charge in [0.2, 0.25) is 0 Å². The van der Waals surface area contributed by atoms with Gasteiger partial charge in [0.25, 0.3) is 0 Å². The van der Waals surface area contributed by atoms with Crippen LogP contribution in [0.4, 0.5) is 0 Å². The fraction of sp³-hybridized carbons (Fsp3) is 0.625. The van der Waals surface area contributed by atoms with Gasteiger partial charge in [0.15, 0.2) is 0 Å². The quantitative estimate of drug-likeness (QED) is 0.869. The van der Waals surface area contributed by atoms with Gasteiger partial charge in [-0.1, -0.05) is 38.5 Å². The Balaban J connectivity index is 2.08. The number of hydrogen-bond donors (Lipinski definition) is 1. The largest absolute Gasteiger partial charge is 0.490 e. The van der Waals surface area contributed by atoms with Crippen LogP contribution in [0.25, 0.3) is 0 Å². The number of aliphatic hydroxyl groups is 1. The molecule has 2 heteroatoms. The van der Waals surface area contributed by atoms with E-state index in [9.17, 15) is 5.11 Å². The molecule has 1 saturated carbocycles. The van der Waals surface area contributed by atoms with Crippen LogP contribution in [0.15, 0.2) is 24.3 Å². The maximum atomic E-state index is 10.0. The predicted octanol–water partition coefficient (Wildman–Crippen LogP) is 4.09. The molecule has 0 bridgehead atoms. The smallest absolute Gasteiger partial charge is 0.125 e. The lowest BCUT2D eigenvalue weighted by Gasteiger charge is -2.28. The molecule has 18 heavy (non-hydrogen) atoms. The van der Waals surface area contributed by atoms with Crippen molar-refractivity contribution in [2.24, 2.45) is 5.92 Å². The van der Waals surface area contributed by atoms with Crippen molar-refractivity contribution in [1.29, 1.82) is 0 Å². The van der Waals surface area contributed by atoms with Crippen LogP contribution in [0.2, 0.25) is 0 Å². The molecule has 2 nitrogen and oxygen atoms in total. The van der Waals surface area contributed by atoms with Crippen molar-refractivity contribution in [2.75, 3.05) is 0 Å². The molecule has 0 aliphatic heterocycles. The molecule has 0 spiro atoms. The van der Waals surface area contributed by atoms with Crippen LogP contribution in [0.5, 0.6) is 5.75 Å². The Kier molecular flexibility index (Phi) is 4.65. The number of benzene rings is 1. The highest BCUT2D eigenvalue weighted by Crippen LogP contribution is 2.32. The first-order valence-electron chi connectivity index (χ1n) is 7.14. The van der Waals surface area contributed by atoms with Gasteiger partial charge < -0.3 is 9.84 Å². The minimum atomic E-state index is -0.415. The van der Waals surface area contributed by atoms with Crippen molar-refractivity contribution in [2.45, 2.75) is 58.2 Å². The zero-order valence-electron chi connectivity index (χ0n) is 11.4. The molecule has 1 aromatic carbocycles. The van der Waals surface area contributed by atoms with E-state index in [2.05, 4.69) is 6.92 Å². The van der Waals surface area contributed by atoms with Crippen LogP contribution in [0.3, 0.4) is 0 Å². The Hall–Kier alpha value is -1.02. The molecule has 1 aliphatic rings. The standard InChI is InChI=1S/C16H24O2/c1-3-15(17)14-9-4-5-10-16(14)18-13-8-6-7-12(2)11-13/h4-5,9-10,12-13,15,17H,3,6-8,11H2,1-2H3/t12?,13?,15-/m0/s1. The monoisotopic (exact) mass is 248 g/mol. The summed E-state index contributed by atoms with van der Waals surface area (Å²) in [5.74, 6) is 1.62. The highest BCUT2D eigenvalue weighted by atomic mass is 16.5. The lowest BCUT2D eigenvalue weighted by Crippen LogP contribution is -2.24. The van der Waals surface area contributed by atoms with E-state index in [4.69, 9.17) is 4.74 Å². The Morgan fingerprint density at radius 3 is 2.83 bits per heavy atom. The second-order valence-corrected chi connectivity index (χ2v) is 5.47. The number of rotatable bonds is 4. The Labute approximate surface area is 110 Å². The molecule has 2 unspecified atom stereocenters. The van der Waals surface area contributed by atoms with Crippen molar-refractivity contribution in [3.05, 3.63) is 29.8 Å². The highest BCUT2D eigenvalue weighted by molar-refractivity contribution is 5.35. The molecule has 0 saturated heterocycles. The Morgan fingerprint density at radius 2 is 2.11 bits per heavy atom. The van der Waals surface area contributed by atoms with Gasteiger partial charge in [-0.05, 0) is 37.7 Å². The highest BCUT2D eigenvalue weighted by Gasteiger charge is 2.21. The molecule has 0 aromatic heterocycles. The van der Waals surface area contributed by atoms with Gasteiger partial charge in [0.1, 0.15) is 5.75 Å². The topological polar surface area (TPSA) is 29.5 Å². The zero-order chi connectivity index (χ0) is 13.0. The maximum absolute atomic E-state index is 10.0. The van der Waals surface area contributed by atoms with Gasteiger partial charge in [0, 0.05) is 5.56 Å². The van der Waals surface area contributed by atoms with Crippen molar-refractivity contribution >= 4 is 0 Å². The number of para-hydroxylation sites is 1. The van der Waals surface area contributed by atoms with E-state index in [0.717, 1.165) is 36.5 Å². The second-order valence-electron chi connectivity index (χ2n) is 5.47. The second kappa shape index (κ2) is 6.24. The average molecular weight is 248 g/mol. The molecule has 1 N–H and O–H groups in total. The van der Waals surface area contributed by atoms with Crippen LogP contribution in [-0.2, 0) is 0 Å². The summed E-state index contributed by atoms with van der Waals surface area (Å²) >= 11 is 0. The summed E-state index contributed by atoms with van der Waals surface area (Å²) in [7, 11) is 0. The lowest BCUT2D eigenvalue weighted by atomic mass is 9.88. The SMILES string of the molecule is CC[C@H](O)c1ccccc1OC1CCCC(C)C1. The molecule has 1 fully saturated rings. The molecule has 0 heterocycles. The van der Waals surface area contributed by atoms with E-state index in [-0.39, 0.29) is 0 Å². The van der Waals surface area contributed by atoms with Crippen LogP contribution < -0.4 is 4.74 Å². The van der Waals surface area contributed by atoms with E-state index >= 15 is 0 Å². The summed E-state index contributed by atoms with van der Waals surface area (Å²) < 4.78 is 6.12. The molecule has 1 aromatic rings. The lowest BCUT2D eigenvalue weighted by molar-refractivity contribution is 0.118. The normalized spacial score (nSPS) is 25.7. The third kappa shape index (κ3) is 3.26. The molecule has 2 rings (SSSR count). The van der Waals surface area contributed by atoms with Crippen molar-refractivity contribution in [3.8, 4) is 5.75 Å². The fourth-order valence-corrected chi connectivity index (χ4v) is 2.75. The van der Waals surface area contributed by atoms with Gasteiger partial charge in [-0.15, -0.1) is 0 Å². The van der Waals surface area contributed by atoms with Gasteiger partial charge in [-0.2, -0.15) is 0 Å². The Morgan fingerprint density at radius 1 is 1.33 bits per heavy atom. The Bertz CT molecular complexity index is 375. The fourth-order valence-electron chi connectivity index (χ4n) is 2.75. The van der Waals surface area contributed by atoms with Gasteiger partial charge in [-0.3, -0.25) is 0 Å². The number of aliphatic hydroxyl groups excluding tert-OH is 1. The van der Waals surface area contributed by atoms with Crippen LogP contribution >= 0.6 is 0 Å². The van der Waals surface area contributed by atoms with Crippen molar-refractivity contribution in [3.63, 3.8) is 0 Å². The van der Waals surface area contributed by atoms with E-state index < -0.39 is 6.10 Å². The van der Waals surface area contributed by atoms with Gasteiger partial charge in [0.05, 0.1) is 12.2 Å². The molecular weight excluding hydrogens is 224 g/mol. The van der Waals surface area contributed by atoms with Gasteiger partial charge >= 0.3 is 0 Å². The minimum Gasteiger partial charge on any atom is -0.490 e. The van der Waals surface area contributed by atoms with Gasteiger partial charge in [-0.25, -0.2) is 0 Å². The summed E-state index contributed by atoms with van der Waals surface area (Å²) in [6, 6.07) is 7.89. The zero-order valence-corrected chi connectivity index (χ0v) is 11.4. The summed E-state index contributed by atoms with van der Waals surface area (Å²) in [4.78, 5) is 0. The molecule has 1 aliphatic carbocycles. The number of ether oxygens (including phenoxy) is 1. The van der Waals surface area contributed by atoms with E-state index in [1.807, 2.05) is 31.2 Å². The van der Waals surface area contributed by atoms with Crippen LogP contribution in [0, 0.1) is 5.92 Å². The van der Waals surface area contributed by atoms with Crippen molar-refractivity contribution in [1.82, 2.24) is 0 Å². The van der Waals surface area contributed by atoms with E-state index in [0.29, 0.717) is 6.10 Å². The minimum absolute atomic E-state index is 0.318. The summed E-state index contributed by atoms with van der Waals surface area (Å²) in [5.41, 5.74) is 0.929. The maximum Gasteiger partial charge on any atom is 0.125 e. The molecule has 0 amide bonds. The molecule has 100 valence electrons. The molecular formula is C16H24O2. The van der Waals surface area contributed by atoms with Crippen LogP contribution in [0.1, 0.15) is 57.6 Å². The first-order chi connectivity index (χ1) is 8.70. The third-order valence-corrected chi connectivity index (χ3v) is 3.85. The first kappa shape index (κ1) is 13.4. The number of hydrogen-bond acceptors (Lipinski definition) is 2. The summed E-state index contributed by atoms with van der Waals surface area (Å²) in [6.45, 7) is 4.28. The first-order valence-corrected chi connectivity index (χ1v) is 7.14. The molecule has 3 atom stereocenters. The third-order valence-electron chi connectivity index (χ3n) is 3.85. The van der Waals surface area contributed by atoms with Crippen LogP contribution in [-0.4, -0.2) is 11.2 Å². The van der Waals surface area contributed by atoms with E-state index in [1.165, 1.54) is 12.8 Å².